The van der Waals surface area contributed by atoms with Crippen LogP contribution in [0.1, 0.15) is 34.8 Å². The summed E-state index contributed by atoms with van der Waals surface area (Å²) in [5.74, 6) is -0.344. The van der Waals surface area contributed by atoms with E-state index in [1.165, 1.54) is 7.11 Å². The molecule has 5 rings (SSSR count). The monoisotopic (exact) mass is 394 g/mol. The van der Waals surface area contributed by atoms with E-state index in [-0.39, 0.29) is 12.1 Å². The summed E-state index contributed by atoms with van der Waals surface area (Å²) >= 11 is 0. The number of piperidine rings is 3. The van der Waals surface area contributed by atoms with Crippen LogP contribution in [0.4, 0.5) is 5.69 Å². The Kier molecular flexibility index (Phi) is 5.81. The molecule has 152 valence electrons. The fraction of sp³-hybridized carbons (Fsp3) is 0.391. The van der Waals surface area contributed by atoms with Crippen LogP contribution in [0.2, 0.25) is 0 Å². The van der Waals surface area contributed by atoms with Crippen molar-refractivity contribution in [1.82, 2.24) is 4.90 Å². The van der Waals surface area contributed by atoms with Gasteiger partial charge in [0.25, 0.3) is 0 Å². The number of carbonyl (C=O) groups excluding carboxylic acids is 2. The average Bonchev–Trinajstić information content (AvgIpc) is 2.78. The Balaban J connectivity index is 1.58. The number of esters is 2. The van der Waals surface area contributed by atoms with Crippen LogP contribution in [0, 0.1) is 5.92 Å². The van der Waals surface area contributed by atoms with Crippen LogP contribution in [0.5, 0.6) is 0 Å². The highest BCUT2D eigenvalue weighted by Gasteiger charge is 2.38. The molecule has 2 bridgehead atoms. The van der Waals surface area contributed by atoms with E-state index in [9.17, 15) is 9.59 Å². The van der Waals surface area contributed by atoms with Crippen LogP contribution in [0.25, 0.3) is 0 Å². The Hall–Kier alpha value is -2.86. The molecule has 2 aromatic carbocycles. The van der Waals surface area contributed by atoms with Crippen molar-refractivity contribution in [3.63, 3.8) is 0 Å². The molecule has 1 N–H and O–H groups in total. The van der Waals surface area contributed by atoms with Crippen LogP contribution >= 0.6 is 0 Å². The molecule has 2 atom stereocenters. The molecule has 3 aliphatic rings. The van der Waals surface area contributed by atoms with Gasteiger partial charge in [0.2, 0.25) is 0 Å². The van der Waals surface area contributed by atoms with Crippen molar-refractivity contribution in [2.75, 3.05) is 32.1 Å². The number of anilines is 1. The quantitative estimate of drug-likeness (QED) is 0.759. The van der Waals surface area contributed by atoms with E-state index in [0.29, 0.717) is 17.2 Å². The fourth-order valence-electron chi connectivity index (χ4n) is 4.24. The number of hydrogen-bond acceptors (Lipinski definition) is 6. The minimum atomic E-state index is -0.711. The minimum absolute atomic E-state index is 0.0751. The zero-order valence-electron chi connectivity index (χ0n) is 16.5. The molecule has 0 aliphatic carbocycles. The van der Waals surface area contributed by atoms with Gasteiger partial charge in [-0.3, -0.25) is 4.90 Å². The lowest BCUT2D eigenvalue weighted by Gasteiger charge is -2.44. The maximum atomic E-state index is 13.2. The predicted molar refractivity (Wildman–Crippen MR) is 110 cm³/mol. The van der Waals surface area contributed by atoms with E-state index >= 15 is 0 Å². The molecule has 29 heavy (non-hydrogen) atoms. The third-order valence-corrected chi connectivity index (χ3v) is 5.86. The van der Waals surface area contributed by atoms with Crippen molar-refractivity contribution in [2.24, 2.45) is 5.92 Å². The molecular weight excluding hydrogens is 368 g/mol. The number of ether oxygens (including phenoxy) is 2. The van der Waals surface area contributed by atoms with Crippen molar-refractivity contribution in [3.8, 4) is 0 Å². The smallest absolute Gasteiger partial charge is 0.339 e. The average molecular weight is 394 g/mol. The van der Waals surface area contributed by atoms with Gasteiger partial charge in [-0.25, -0.2) is 9.59 Å². The van der Waals surface area contributed by atoms with Crippen LogP contribution in [-0.4, -0.2) is 49.7 Å². The van der Waals surface area contributed by atoms with Crippen molar-refractivity contribution >= 4 is 17.6 Å². The molecule has 3 aliphatic heterocycles. The Morgan fingerprint density at radius 1 is 1.03 bits per heavy atom. The lowest BCUT2D eigenvalue weighted by atomic mass is 9.86. The van der Waals surface area contributed by atoms with Gasteiger partial charge in [-0.2, -0.15) is 0 Å². The third kappa shape index (κ3) is 4.27. The van der Waals surface area contributed by atoms with Gasteiger partial charge in [0.05, 0.1) is 12.7 Å². The molecule has 0 saturated carbocycles. The summed E-state index contributed by atoms with van der Waals surface area (Å²) < 4.78 is 10.9. The van der Waals surface area contributed by atoms with E-state index in [2.05, 4.69) is 10.2 Å². The highest BCUT2D eigenvalue weighted by atomic mass is 16.5. The number of benzene rings is 2. The molecule has 1 unspecified atom stereocenters. The molecule has 0 radical (unpaired) electrons. The number of hydrogen-bond donors (Lipinski definition) is 1. The summed E-state index contributed by atoms with van der Waals surface area (Å²) in [5.41, 5.74) is 1.71. The first-order valence-electron chi connectivity index (χ1n) is 10.1. The van der Waals surface area contributed by atoms with Gasteiger partial charge in [-0.1, -0.05) is 42.5 Å². The summed E-state index contributed by atoms with van der Waals surface area (Å²) in [5, 5.41) is 3.22. The van der Waals surface area contributed by atoms with E-state index in [4.69, 9.17) is 9.47 Å². The summed E-state index contributed by atoms with van der Waals surface area (Å²) in [6.45, 7) is 2.98. The largest absolute Gasteiger partial charge is 0.465 e. The Morgan fingerprint density at radius 3 is 2.38 bits per heavy atom. The number of carbonyl (C=O) groups is 2. The topological polar surface area (TPSA) is 67.9 Å². The van der Waals surface area contributed by atoms with Crippen LogP contribution in [0.15, 0.2) is 54.6 Å². The molecule has 0 spiro atoms. The van der Waals surface area contributed by atoms with Crippen LogP contribution < -0.4 is 5.32 Å². The maximum Gasteiger partial charge on any atom is 0.339 e. The van der Waals surface area contributed by atoms with Gasteiger partial charge in [0.15, 0.2) is 6.04 Å². The standard InChI is InChI=1S/C23H26N2O4/c1-28-22(26)18-9-5-6-10-19(18)24-21(17-7-3-2-4-8-17)23(27)29-20-15-25-13-11-16(20)12-14-25/h2-10,16,20-21,24H,11-15H2,1H3/t20-,21?/m0/s1. The van der Waals surface area contributed by atoms with Gasteiger partial charge in [-0.15, -0.1) is 0 Å². The molecule has 3 heterocycles. The first-order valence-corrected chi connectivity index (χ1v) is 10.1. The van der Waals surface area contributed by atoms with E-state index in [1.54, 1.807) is 18.2 Å². The van der Waals surface area contributed by atoms with Crippen LogP contribution in [-0.2, 0) is 14.3 Å². The summed E-state index contributed by atoms with van der Waals surface area (Å²) in [6, 6.07) is 15.8. The van der Waals surface area contributed by atoms with Gasteiger partial charge in [-0.05, 0) is 49.5 Å². The second kappa shape index (κ2) is 8.66. The second-order valence-corrected chi connectivity index (χ2v) is 7.64. The number of para-hydroxylation sites is 1. The molecule has 0 amide bonds. The highest BCUT2D eigenvalue weighted by molar-refractivity contribution is 5.96. The van der Waals surface area contributed by atoms with Crippen molar-refractivity contribution < 1.29 is 19.1 Å². The number of nitrogens with zero attached hydrogens (tertiary/aromatic N) is 1. The maximum absolute atomic E-state index is 13.2. The molecular formula is C23H26N2O4. The number of methoxy groups -OCH3 is 1. The molecule has 3 fully saturated rings. The third-order valence-electron chi connectivity index (χ3n) is 5.86. The van der Waals surface area contributed by atoms with Gasteiger partial charge >= 0.3 is 11.9 Å². The first-order chi connectivity index (χ1) is 14.2. The summed E-state index contributed by atoms with van der Waals surface area (Å²) in [4.78, 5) is 27.7. The molecule has 6 heteroatoms. The fourth-order valence-corrected chi connectivity index (χ4v) is 4.24. The Bertz CT molecular complexity index is 862. The molecule has 6 nitrogen and oxygen atoms in total. The van der Waals surface area contributed by atoms with Crippen LogP contribution in [0.3, 0.4) is 0 Å². The van der Waals surface area contributed by atoms with Crippen molar-refractivity contribution in [1.29, 1.82) is 0 Å². The highest BCUT2D eigenvalue weighted by Crippen LogP contribution is 2.31. The number of nitrogens with one attached hydrogen (secondary N) is 1. The van der Waals surface area contributed by atoms with Crippen molar-refractivity contribution in [3.05, 3.63) is 65.7 Å². The lowest BCUT2D eigenvalue weighted by molar-refractivity contribution is -0.159. The van der Waals surface area contributed by atoms with Crippen molar-refractivity contribution in [2.45, 2.75) is 25.0 Å². The zero-order valence-corrected chi connectivity index (χ0v) is 16.5. The molecule has 2 aromatic rings. The summed E-state index contributed by atoms with van der Waals surface area (Å²) in [7, 11) is 1.34. The minimum Gasteiger partial charge on any atom is -0.465 e. The lowest BCUT2D eigenvalue weighted by Crippen LogP contribution is -2.52. The molecule has 3 saturated heterocycles. The van der Waals surface area contributed by atoms with E-state index in [1.807, 2.05) is 36.4 Å². The van der Waals surface area contributed by atoms with E-state index in [0.717, 1.165) is 38.0 Å². The normalized spacial score (nSPS) is 23.8. The SMILES string of the molecule is COC(=O)c1ccccc1NC(C(=O)O[C@H]1CN2CCC1CC2)c1ccccc1. The van der Waals surface area contributed by atoms with Gasteiger partial charge in [0, 0.05) is 12.2 Å². The number of fused-ring (bicyclic) bond motifs is 3. The summed E-state index contributed by atoms with van der Waals surface area (Å²) in [6.07, 6.45) is 2.08. The predicted octanol–water partition coefficient (Wildman–Crippen LogP) is 3.26. The number of rotatable bonds is 6. The Morgan fingerprint density at radius 2 is 1.72 bits per heavy atom. The van der Waals surface area contributed by atoms with Gasteiger partial charge in [0.1, 0.15) is 6.10 Å². The Labute approximate surface area is 170 Å². The van der Waals surface area contributed by atoms with Gasteiger partial charge < -0.3 is 14.8 Å². The first kappa shape index (κ1) is 19.5. The molecule has 0 aromatic heterocycles. The van der Waals surface area contributed by atoms with E-state index < -0.39 is 12.0 Å². The zero-order chi connectivity index (χ0) is 20.2. The second-order valence-electron chi connectivity index (χ2n) is 7.64.